The molecule has 2 aromatic carbocycles. The number of anilines is 1. The van der Waals surface area contributed by atoms with Gasteiger partial charge in [0.05, 0.1) is 18.2 Å². The summed E-state index contributed by atoms with van der Waals surface area (Å²) in [6.45, 7) is 1.39. The Morgan fingerprint density at radius 1 is 0.967 bits per heavy atom. The lowest BCUT2D eigenvalue weighted by Gasteiger charge is -2.20. The van der Waals surface area contributed by atoms with Crippen LogP contribution in [0, 0.1) is 0 Å². The summed E-state index contributed by atoms with van der Waals surface area (Å²) in [6, 6.07) is 13.2. The van der Waals surface area contributed by atoms with Gasteiger partial charge in [0.25, 0.3) is 11.8 Å². The van der Waals surface area contributed by atoms with E-state index in [-0.39, 0.29) is 12.5 Å². The Morgan fingerprint density at radius 2 is 1.70 bits per heavy atom. The van der Waals surface area contributed by atoms with Gasteiger partial charge in [0, 0.05) is 18.8 Å². The lowest BCUT2D eigenvalue weighted by molar-refractivity contribution is -0.133. The molecule has 158 valence electrons. The first-order valence-corrected chi connectivity index (χ1v) is 10.1. The number of rotatable bonds is 6. The molecule has 0 aliphatic carbocycles. The number of nitrogens with one attached hydrogen (secondary N) is 1. The number of nitrogens with zero attached hydrogens (tertiary/aromatic N) is 1. The number of para-hydroxylation sites is 1. The highest BCUT2D eigenvalue weighted by Gasteiger charge is 2.18. The van der Waals surface area contributed by atoms with E-state index in [1.807, 2.05) is 4.90 Å². The molecule has 1 saturated heterocycles. The van der Waals surface area contributed by atoms with E-state index in [9.17, 15) is 14.4 Å². The molecule has 2 aromatic rings. The van der Waals surface area contributed by atoms with Crippen molar-refractivity contribution in [1.29, 1.82) is 0 Å². The third-order valence-electron chi connectivity index (χ3n) is 4.98. The molecule has 7 nitrogen and oxygen atoms in total. The van der Waals surface area contributed by atoms with Crippen molar-refractivity contribution in [1.82, 2.24) is 4.90 Å². The molecule has 0 unspecified atom stereocenters. The zero-order valence-corrected chi connectivity index (χ0v) is 17.1. The number of amides is 2. The second-order valence-electron chi connectivity index (χ2n) is 7.11. The maximum atomic E-state index is 12.8. The average molecular weight is 410 g/mol. The summed E-state index contributed by atoms with van der Waals surface area (Å²) >= 11 is 0. The largest absolute Gasteiger partial charge is 0.483 e. The van der Waals surface area contributed by atoms with Crippen LogP contribution in [0.15, 0.2) is 48.5 Å². The maximum absolute atomic E-state index is 12.8. The van der Waals surface area contributed by atoms with Gasteiger partial charge in [0.15, 0.2) is 6.61 Å². The summed E-state index contributed by atoms with van der Waals surface area (Å²) in [5.41, 5.74) is 1.10. The van der Waals surface area contributed by atoms with Crippen LogP contribution in [-0.4, -0.2) is 49.5 Å². The van der Waals surface area contributed by atoms with E-state index in [0.717, 1.165) is 38.8 Å². The van der Waals surface area contributed by atoms with E-state index in [1.165, 1.54) is 13.2 Å². The Kier molecular flexibility index (Phi) is 7.43. The van der Waals surface area contributed by atoms with Crippen LogP contribution in [0.25, 0.3) is 0 Å². The minimum atomic E-state index is -0.484. The summed E-state index contributed by atoms with van der Waals surface area (Å²) in [5.74, 6) is -0.614. The molecule has 0 radical (unpaired) electrons. The molecule has 30 heavy (non-hydrogen) atoms. The highest BCUT2D eigenvalue weighted by molar-refractivity contribution is 6.06. The molecule has 1 aliphatic heterocycles. The van der Waals surface area contributed by atoms with Gasteiger partial charge < -0.3 is 19.7 Å². The van der Waals surface area contributed by atoms with E-state index in [4.69, 9.17) is 9.47 Å². The molecule has 1 fully saturated rings. The van der Waals surface area contributed by atoms with Crippen molar-refractivity contribution in [2.75, 3.05) is 32.1 Å². The van der Waals surface area contributed by atoms with E-state index in [0.29, 0.717) is 22.6 Å². The molecule has 7 heteroatoms. The van der Waals surface area contributed by atoms with Gasteiger partial charge >= 0.3 is 5.97 Å². The van der Waals surface area contributed by atoms with Crippen LogP contribution in [-0.2, 0) is 9.53 Å². The molecule has 0 saturated carbocycles. The molecule has 0 spiro atoms. The molecular weight excluding hydrogens is 384 g/mol. The van der Waals surface area contributed by atoms with Crippen molar-refractivity contribution >= 4 is 23.5 Å². The molecule has 0 atom stereocenters. The number of carbonyl (C=O) groups is 3. The quantitative estimate of drug-likeness (QED) is 0.737. The first-order valence-electron chi connectivity index (χ1n) is 10.1. The van der Waals surface area contributed by atoms with Crippen molar-refractivity contribution in [3.8, 4) is 5.75 Å². The summed E-state index contributed by atoms with van der Waals surface area (Å²) in [7, 11) is 1.30. The van der Waals surface area contributed by atoms with E-state index < -0.39 is 11.9 Å². The lowest BCUT2D eigenvalue weighted by atomic mass is 10.1. The van der Waals surface area contributed by atoms with Crippen molar-refractivity contribution < 1.29 is 23.9 Å². The number of carbonyl (C=O) groups excluding carboxylic acids is 3. The van der Waals surface area contributed by atoms with Gasteiger partial charge in [-0.15, -0.1) is 0 Å². The SMILES string of the molecule is COC(=O)c1cccc(NC(=O)c2ccccc2OCC(=O)N2CCCCCC2)c1. The Balaban J connectivity index is 1.66. The summed E-state index contributed by atoms with van der Waals surface area (Å²) in [5, 5.41) is 2.76. The zero-order valence-electron chi connectivity index (χ0n) is 17.1. The fourth-order valence-electron chi connectivity index (χ4n) is 3.37. The Bertz CT molecular complexity index is 904. The first-order chi connectivity index (χ1) is 14.6. The Hall–Kier alpha value is -3.35. The van der Waals surface area contributed by atoms with Gasteiger partial charge in [-0.05, 0) is 43.2 Å². The van der Waals surface area contributed by atoms with Crippen LogP contribution in [0.1, 0.15) is 46.4 Å². The van der Waals surface area contributed by atoms with Gasteiger partial charge in [-0.3, -0.25) is 9.59 Å². The van der Waals surface area contributed by atoms with Crippen LogP contribution < -0.4 is 10.1 Å². The topological polar surface area (TPSA) is 84.9 Å². The number of ether oxygens (including phenoxy) is 2. The minimum absolute atomic E-state index is 0.0714. The molecule has 3 rings (SSSR count). The van der Waals surface area contributed by atoms with Gasteiger partial charge in [-0.1, -0.05) is 31.0 Å². The third kappa shape index (κ3) is 5.59. The molecule has 0 bridgehead atoms. The second-order valence-corrected chi connectivity index (χ2v) is 7.11. The number of hydrogen-bond donors (Lipinski definition) is 1. The standard InChI is InChI=1S/C23H26N2O5/c1-29-23(28)17-9-8-10-18(15-17)24-22(27)19-11-4-5-12-20(19)30-16-21(26)25-13-6-2-3-7-14-25/h4-5,8-12,15H,2-3,6-7,13-14,16H2,1H3,(H,24,27). The molecule has 1 N–H and O–H groups in total. The minimum Gasteiger partial charge on any atom is -0.483 e. The molecule has 1 heterocycles. The Labute approximate surface area is 176 Å². The molecular formula is C23H26N2O5. The van der Waals surface area contributed by atoms with Gasteiger partial charge in [-0.25, -0.2) is 4.79 Å². The van der Waals surface area contributed by atoms with Crippen LogP contribution >= 0.6 is 0 Å². The van der Waals surface area contributed by atoms with Crippen LogP contribution in [0.4, 0.5) is 5.69 Å². The smallest absolute Gasteiger partial charge is 0.337 e. The van der Waals surface area contributed by atoms with Crippen LogP contribution in [0.2, 0.25) is 0 Å². The molecule has 0 aromatic heterocycles. The van der Waals surface area contributed by atoms with E-state index in [1.54, 1.807) is 42.5 Å². The van der Waals surface area contributed by atoms with E-state index >= 15 is 0 Å². The van der Waals surface area contributed by atoms with Gasteiger partial charge in [0.2, 0.25) is 0 Å². The number of methoxy groups -OCH3 is 1. The monoisotopic (exact) mass is 410 g/mol. The lowest BCUT2D eigenvalue weighted by Crippen LogP contribution is -2.35. The average Bonchev–Trinajstić information content (AvgIpc) is 3.07. The first kappa shape index (κ1) is 21.4. The molecule has 2 amide bonds. The summed E-state index contributed by atoms with van der Waals surface area (Å²) in [4.78, 5) is 38.8. The van der Waals surface area contributed by atoms with Crippen LogP contribution in [0.5, 0.6) is 5.75 Å². The van der Waals surface area contributed by atoms with Crippen molar-refractivity contribution in [2.24, 2.45) is 0 Å². The number of esters is 1. The van der Waals surface area contributed by atoms with Crippen molar-refractivity contribution in [3.63, 3.8) is 0 Å². The van der Waals surface area contributed by atoms with Crippen LogP contribution in [0.3, 0.4) is 0 Å². The fourth-order valence-corrected chi connectivity index (χ4v) is 3.37. The van der Waals surface area contributed by atoms with E-state index in [2.05, 4.69) is 5.32 Å². The van der Waals surface area contributed by atoms with Crippen molar-refractivity contribution in [2.45, 2.75) is 25.7 Å². The fraction of sp³-hybridized carbons (Fsp3) is 0.348. The van der Waals surface area contributed by atoms with Gasteiger partial charge in [-0.2, -0.15) is 0 Å². The van der Waals surface area contributed by atoms with Gasteiger partial charge in [0.1, 0.15) is 5.75 Å². The number of benzene rings is 2. The number of hydrogen-bond acceptors (Lipinski definition) is 5. The number of likely N-dealkylation sites (tertiary alicyclic amines) is 1. The highest BCUT2D eigenvalue weighted by atomic mass is 16.5. The van der Waals surface area contributed by atoms with Crippen molar-refractivity contribution in [3.05, 3.63) is 59.7 Å². The highest BCUT2D eigenvalue weighted by Crippen LogP contribution is 2.21. The third-order valence-corrected chi connectivity index (χ3v) is 4.98. The molecule has 1 aliphatic rings. The predicted molar refractivity (Wildman–Crippen MR) is 113 cm³/mol. The summed E-state index contributed by atoms with van der Waals surface area (Å²) in [6.07, 6.45) is 4.31. The second kappa shape index (κ2) is 10.4. The zero-order chi connectivity index (χ0) is 21.3. The maximum Gasteiger partial charge on any atom is 0.337 e. The Morgan fingerprint density at radius 3 is 2.43 bits per heavy atom. The predicted octanol–water partition coefficient (Wildman–Crippen LogP) is 3.51. The normalized spacial score (nSPS) is 13.8. The summed E-state index contributed by atoms with van der Waals surface area (Å²) < 4.78 is 10.4.